The number of ether oxygens (including phenoxy) is 1. The van der Waals surface area contributed by atoms with E-state index in [1.807, 2.05) is 0 Å². The van der Waals surface area contributed by atoms with Crippen LogP contribution in [0.3, 0.4) is 0 Å². The maximum atomic E-state index is 6.53. The van der Waals surface area contributed by atoms with Gasteiger partial charge >= 0.3 is 0 Å². The molecular weight excluding hydrogens is 236 g/mol. The second-order valence-electron chi connectivity index (χ2n) is 6.04. The van der Waals surface area contributed by atoms with Gasteiger partial charge in [-0.05, 0) is 37.8 Å². The van der Waals surface area contributed by atoms with Crippen LogP contribution in [0.4, 0.5) is 0 Å². The molecule has 0 radical (unpaired) electrons. The fourth-order valence-electron chi connectivity index (χ4n) is 3.68. The van der Waals surface area contributed by atoms with E-state index in [1.165, 1.54) is 11.1 Å². The molecule has 0 bridgehead atoms. The zero-order valence-corrected chi connectivity index (χ0v) is 11.9. The molecule has 1 aromatic rings. The summed E-state index contributed by atoms with van der Waals surface area (Å²) in [5.74, 6) is 0. The van der Waals surface area contributed by atoms with Gasteiger partial charge in [0.2, 0.25) is 0 Å². The van der Waals surface area contributed by atoms with Gasteiger partial charge < -0.3 is 10.5 Å². The van der Waals surface area contributed by atoms with Gasteiger partial charge in [0.05, 0.1) is 12.2 Å². The molecule has 1 aliphatic heterocycles. The minimum atomic E-state index is 0.141. The van der Waals surface area contributed by atoms with E-state index in [0.29, 0.717) is 18.2 Å². The van der Waals surface area contributed by atoms with Gasteiger partial charge in [0.25, 0.3) is 0 Å². The molecule has 1 aromatic carbocycles. The minimum Gasteiger partial charge on any atom is -0.373 e. The lowest BCUT2D eigenvalue weighted by Crippen LogP contribution is -2.54. The average Bonchev–Trinajstić information content (AvgIpc) is 2.38. The van der Waals surface area contributed by atoms with Crippen LogP contribution in [-0.4, -0.2) is 36.2 Å². The quantitative estimate of drug-likeness (QED) is 0.840. The van der Waals surface area contributed by atoms with Gasteiger partial charge in [0, 0.05) is 25.2 Å². The third kappa shape index (κ3) is 2.55. The van der Waals surface area contributed by atoms with E-state index in [-0.39, 0.29) is 6.04 Å². The highest BCUT2D eigenvalue weighted by Crippen LogP contribution is 2.32. The topological polar surface area (TPSA) is 38.5 Å². The van der Waals surface area contributed by atoms with E-state index in [4.69, 9.17) is 10.5 Å². The van der Waals surface area contributed by atoms with E-state index in [9.17, 15) is 0 Å². The summed E-state index contributed by atoms with van der Waals surface area (Å²) < 4.78 is 5.83. The molecule has 19 heavy (non-hydrogen) atoms. The Kier molecular flexibility index (Phi) is 3.61. The van der Waals surface area contributed by atoms with Crippen molar-refractivity contribution in [3.63, 3.8) is 0 Å². The molecule has 0 aromatic heterocycles. The molecule has 0 saturated carbocycles. The first-order valence-electron chi connectivity index (χ1n) is 7.38. The van der Waals surface area contributed by atoms with Gasteiger partial charge in [-0.15, -0.1) is 0 Å². The van der Waals surface area contributed by atoms with Crippen molar-refractivity contribution in [2.45, 2.75) is 51.0 Å². The number of nitrogens with zero attached hydrogens (tertiary/aromatic N) is 1. The van der Waals surface area contributed by atoms with Crippen LogP contribution in [0.2, 0.25) is 0 Å². The van der Waals surface area contributed by atoms with Crippen LogP contribution in [-0.2, 0) is 11.2 Å². The predicted octanol–water partition coefficient (Wildman–Crippen LogP) is 2.11. The zero-order chi connectivity index (χ0) is 13.4. The average molecular weight is 260 g/mol. The van der Waals surface area contributed by atoms with Crippen LogP contribution < -0.4 is 5.73 Å². The molecule has 0 amide bonds. The van der Waals surface area contributed by atoms with Crippen molar-refractivity contribution < 1.29 is 4.74 Å². The van der Waals surface area contributed by atoms with Crippen LogP contribution in [0.5, 0.6) is 0 Å². The second-order valence-corrected chi connectivity index (χ2v) is 6.04. The largest absolute Gasteiger partial charge is 0.373 e. The molecule has 3 heteroatoms. The lowest BCUT2D eigenvalue weighted by molar-refractivity contribution is -0.0847. The van der Waals surface area contributed by atoms with Crippen LogP contribution in [0.15, 0.2) is 24.3 Å². The number of hydrogen-bond donors (Lipinski definition) is 1. The normalized spacial score (nSPS) is 35.9. The summed E-state index contributed by atoms with van der Waals surface area (Å²) in [6, 6.07) is 9.23. The summed E-state index contributed by atoms with van der Waals surface area (Å²) in [6.07, 6.45) is 2.94. The SMILES string of the molecule is C[C@@H]1CN(C2CCc3ccccc3C2N)C[C@H](C)O1. The Morgan fingerprint density at radius 3 is 2.58 bits per heavy atom. The third-order valence-corrected chi connectivity index (χ3v) is 4.46. The number of aryl methyl sites for hydroxylation is 1. The molecule has 0 spiro atoms. The van der Waals surface area contributed by atoms with Crippen LogP contribution in [0, 0.1) is 0 Å². The molecular formula is C16H24N2O. The van der Waals surface area contributed by atoms with Crippen molar-refractivity contribution in [3.05, 3.63) is 35.4 Å². The Morgan fingerprint density at radius 1 is 1.16 bits per heavy atom. The van der Waals surface area contributed by atoms with Crippen molar-refractivity contribution in [2.24, 2.45) is 5.73 Å². The van der Waals surface area contributed by atoms with Crippen molar-refractivity contribution >= 4 is 0 Å². The number of hydrogen-bond acceptors (Lipinski definition) is 3. The van der Waals surface area contributed by atoms with Crippen LogP contribution in [0.1, 0.15) is 37.4 Å². The molecule has 3 rings (SSSR count). The van der Waals surface area contributed by atoms with Gasteiger partial charge in [0.15, 0.2) is 0 Å². The van der Waals surface area contributed by atoms with E-state index >= 15 is 0 Å². The number of nitrogens with two attached hydrogens (primary N) is 1. The predicted molar refractivity (Wildman–Crippen MR) is 77.1 cm³/mol. The maximum absolute atomic E-state index is 6.53. The van der Waals surface area contributed by atoms with Gasteiger partial charge in [0.1, 0.15) is 0 Å². The first kappa shape index (κ1) is 13.1. The lowest BCUT2D eigenvalue weighted by atomic mass is 9.83. The molecule has 2 unspecified atom stereocenters. The first-order chi connectivity index (χ1) is 9.15. The molecule has 3 nitrogen and oxygen atoms in total. The Morgan fingerprint density at radius 2 is 1.84 bits per heavy atom. The van der Waals surface area contributed by atoms with E-state index in [0.717, 1.165) is 25.9 Å². The fraction of sp³-hybridized carbons (Fsp3) is 0.625. The molecule has 1 saturated heterocycles. The summed E-state index contributed by atoms with van der Waals surface area (Å²) in [4.78, 5) is 2.54. The fourth-order valence-corrected chi connectivity index (χ4v) is 3.68. The van der Waals surface area contributed by atoms with Gasteiger partial charge in [-0.3, -0.25) is 4.90 Å². The van der Waals surface area contributed by atoms with Crippen molar-refractivity contribution in [1.29, 1.82) is 0 Å². The summed E-state index contributed by atoms with van der Waals surface area (Å²) in [6.45, 7) is 6.33. The van der Waals surface area contributed by atoms with Crippen molar-refractivity contribution in [3.8, 4) is 0 Å². The first-order valence-corrected chi connectivity index (χ1v) is 7.38. The van der Waals surface area contributed by atoms with Crippen molar-refractivity contribution in [1.82, 2.24) is 4.90 Å². The molecule has 2 aliphatic rings. The summed E-state index contributed by atoms with van der Waals surface area (Å²) in [7, 11) is 0. The van der Waals surface area contributed by atoms with Gasteiger partial charge in [-0.25, -0.2) is 0 Å². The highest BCUT2D eigenvalue weighted by atomic mass is 16.5. The number of rotatable bonds is 1. The van der Waals surface area contributed by atoms with E-state index in [2.05, 4.69) is 43.0 Å². The summed E-state index contributed by atoms with van der Waals surface area (Å²) in [5.41, 5.74) is 9.30. The zero-order valence-electron chi connectivity index (χ0n) is 11.9. The van der Waals surface area contributed by atoms with Gasteiger partial charge in [-0.1, -0.05) is 24.3 Å². The Hall–Kier alpha value is -0.900. The summed E-state index contributed by atoms with van der Waals surface area (Å²) >= 11 is 0. The van der Waals surface area contributed by atoms with Crippen LogP contribution >= 0.6 is 0 Å². The molecule has 104 valence electrons. The maximum Gasteiger partial charge on any atom is 0.0678 e. The Balaban J connectivity index is 1.80. The third-order valence-electron chi connectivity index (χ3n) is 4.46. The molecule has 4 atom stereocenters. The molecule has 1 heterocycles. The molecule has 1 aliphatic carbocycles. The standard InChI is InChI=1S/C16H24N2O/c1-11-9-18(10-12(2)19-11)15-8-7-13-5-3-4-6-14(13)16(15)17/h3-6,11-12,15-16H,7-10,17H2,1-2H3/t11-,12+,15?,16?. The number of morpholine rings is 1. The smallest absolute Gasteiger partial charge is 0.0678 e. The highest BCUT2D eigenvalue weighted by molar-refractivity contribution is 5.33. The van der Waals surface area contributed by atoms with E-state index in [1.54, 1.807) is 0 Å². The van der Waals surface area contributed by atoms with Crippen LogP contribution in [0.25, 0.3) is 0 Å². The lowest BCUT2D eigenvalue weighted by Gasteiger charge is -2.44. The number of fused-ring (bicyclic) bond motifs is 1. The Labute approximate surface area is 115 Å². The number of benzene rings is 1. The van der Waals surface area contributed by atoms with Crippen molar-refractivity contribution in [2.75, 3.05) is 13.1 Å². The molecule has 1 fully saturated rings. The second kappa shape index (κ2) is 5.23. The Bertz CT molecular complexity index is 438. The van der Waals surface area contributed by atoms with Gasteiger partial charge in [-0.2, -0.15) is 0 Å². The monoisotopic (exact) mass is 260 g/mol. The molecule has 2 N–H and O–H groups in total. The van der Waals surface area contributed by atoms with E-state index < -0.39 is 0 Å². The minimum absolute atomic E-state index is 0.141. The summed E-state index contributed by atoms with van der Waals surface area (Å²) in [5, 5.41) is 0. The highest BCUT2D eigenvalue weighted by Gasteiger charge is 2.34.